The summed E-state index contributed by atoms with van der Waals surface area (Å²) in [6, 6.07) is 12.4. The molecule has 0 bridgehead atoms. The number of halogens is 1. The van der Waals surface area contributed by atoms with Crippen LogP contribution in [-0.4, -0.2) is 30.6 Å². The standard InChI is InChI=1S/C21H17BrN6O2/c1-13-7-14(2)28(27-13)19-9-20(25-12-24-19)30-18-5-3-17(4-6-18)26-21(29)15-8-16(22)11-23-10-15/h3-12H,1-2H3,(H,26,29). The number of carbonyl (C=O) groups is 1. The van der Waals surface area contributed by atoms with Gasteiger partial charge in [-0.3, -0.25) is 9.78 Å². The van der Waals surface area contributed by atoms with Crippen LogP contribution in [0, 0.1) is 13.8 Å². The van der Waals surface area contributed by atoms with Crippen molar-refractivity contribution in [1.29, 1.82) is 0 Å². The van der Waals surface area contributed by atoms with Crippen LogP contribution in [0.1, 0.15) is 21.7 Å². The first-order valence-corrected chi connectivity index (χ1v) is 9.83. The number of carbonyl (C=O) groups excluding carboxylic acids is 1. The summed E-state index contributed by atoms with van der Waals surface area (Å²) in [6.45, 7) is 3.88. The number of hydrogen-bond donors (Lipinski definition) is 1. The number of anilines is 1. The Labute approximate surface area is 181 Å². The second-order valence-corrected chi connectivity index (χ2v) is 7.44. The van der Waals surface area contributed by atoms with Gasteiger partial charge < -0.3 is 10.1 Å². The van der Waals surface area contributed by atoms with E-state index in [-0.39, 0.29) is 5.91 Å². The fourth-order valence-electron chi connectivity index (χ4n) is 2.83. The van der Waals surface area contributed by atoms with Crippen molar-refractivity contribution in [2.24, 2.45) is 0 Å². The fraction of sp³-hybridized carbons (Fsp3) is 0.0952. The summed E-state index contributed by atoms with van der Waals surface area (Å²) < 4.78 is 8.30. The Morgan fingerprint density at radius 2 is 1.87 bits per heavy atom. The van der Waals surface area contributed by atoms with E-state index < -0.39 is 0 Å². The molecular weight excluding hydrogens is 448 g/mol. The lowest BCUT2D eigenvalue weighted by Gasteiger charge is -2.09. The number of aromatic nitrogens is 5. The molecule has 3 aromatic heterocycles. The van der Waals surface area contributed by atoms with Crippen molar-refractivity contribution in [2.75, 3.05) is 5.32 Å². The van der Waals surface area contributed by atoms with Gasteiger partial charge in [0.25, 0.3) is 5.91 Å². The van der Waals surface area contributed by atoms with Gasteiger partial charge >= 0.3 is 0 Å². The second kappa shape index (κ2) is 8.42. The Morgan fingerprint density at radius 1 is 1.07 bits per heavy atom. The van der Waals surface area contributed by atoms with Crippen molar-refractivity contribution in [3.8, 4) is 17.4 Å². The normalized spacial score (nSPS) is 10.6. The first kappa shape index (κ1) is 19.7. The van der Waals surface area contributed by atoms with E-state index in [0.29, 0.717) is 28.7 Å². The van der Waals surface area contributed by atoms with Crippen molar-refractivity contribution < 1.29 is 9.53 Å². The minimum atomic E-state index is -0.247. The molecule has 0 aliphatic heterocycles. The van der Waals surface area contributed by atoms with Gasteiger partial charge in [0.05, 0.1) is 11.3 Å². The van der Waals surface area contributed by atoms with Gasteiger partial charge in [-0.2, -0.15) is 5.10 Å². The Bertz CT molecular complexity index is 1210. The molecule has 9 heteroatoms. The van der Waals surface area contributed by atoms with E-state index in [1.54, 1.807) is 47.3 Å². The van der Waals surface area contributed by atoms with Crippen LogP contribution in [0.4, 0.5) is 5.69 Å². The predicted molar refractivity (Wildman–Crippen MR) is 115 cm³/mol. The minimum Gasteiger partial charge on any atom is -0.439 e. The molecule has 1 amide bonds. The van der Waals surface area contributed by atoms with E-state index in [0.717, 1.165) is 15.9 Å². The highest BCUT2D eigenvalue weighted by Crippen LogP contribution is 2.23. The summed E-state index contributed by atoms with van der Waals surface area (Å²) in [5.41, 5.74) is 2.98. The summed E-state index contributed by atoms with van der Waals surface area (Å²) in [4.78, 5) is 24.7. The molecule has 1 N–H and O–H groups in total. The number of rotatable bonds is 5. The van der Waals surface area contributed by atoms with E-state index in [1.807, 2.05) is 19.9 Å². The van der Waals surface area contributed by atoms with Crippen molar-refractivity contribution >= 4 is 27.5 Å². The van der Waals surface area contributed by atoms with Crippen molar-refractivity contribution in [2.45, 2.75) is 13.8 Å². The summed E-state index contributed by atoms with van der Waals surface area (Å²) >= 11 is 3.31. The number of benzene rings is 1. The van der Waals surface area contributed by atoms with Gasteiger partial charge in [-0.05, 0) is 66.2 Å². The van der Waals surface area contributed by atoms with Crippen LogP contribution < -0.4 is 10.1 Å². The lowest BCUT2D eigenvalue weighted by molar-refractivity contribution is 0.102. The van der Waals surface area contributed by atoms with E-state index in [4.69, 9.17) is 4.74 Å². The first-order valence-electron chi connectivity index (χ1n) is 9.03. The molecule has 0 fully saturated rings. The predicted octanol–water partition coefficient (Wildman–Crippen LogP) is 4.48. The molecular formula is C21H17BrN6O2. The van der Waals surface area contributed by atoms with Crippen LogP contribution in [0.3, 0.4) is 0 Å². The molecule has 30 heavy (non-hydrogen) atoms. The van der Waals surface area contributed by atoms with Gasteiger partial charge in [-0.15, -0.1) is 0 Å². The number of aryl methyl sites for hydroxylation is 2. The van der Waals surface area contributed by atoms with Gasteiger partial charge in [-0.25, -0.2) is 14.6 Å². The number of amides is 1. The Hall–Kier alpha value is -3.59. The van der Waals surface area contributed by atoms with Crippen LogP contribution in [-0.2, 0) is 0 Å². The van der Waals surface area contributed by atoms with Crippen LogP contribution >= 0.6 is 15.9 Å². The first-order chi connectivity index (χ1) is 14.5. The van der Waals surface area contributed by atoms with E-state index >= 15 is 0 Å². The van der Waals surface area contributed by atoms with Gasteiger partial charge in [-0.1, -0.05) is 0 Å². The van der Waals surface area contributed by atoms with E-state index in [1.165, 1.54) is 12.5 Å². The van der Waals surface area contributed by atoms with E-state index in [2.05, 4.69) is 41.3 Å². The Morgan fingerprint density at radius 3 is 2.57 bits per heavy atom. The third-order valence-corrected chi connectivity index (χ3v) is 4.59. The molecule has 0 spiro atoms. The second-order valence-electron chi connectivity index (χ2n) is 6.53. The average molecular weight is 465 g/mol. The van der Waals surface area contributed by atoms with Gasteiger partial charge in [0.1, 0.15) is 12.1 Å². The van der Waals surface area contributed by atoms with Crippen LogP contribution in [0.2, 0.25) is 0 Å². The lowest BCUT2D eigenvalue weighted by Crippen LogP contribution is -2.12. The van der Waals surface area contributed by atoms with E-state index in [9.17, 15) is 4.79 Å². The SMILES string of the molecule is Cc1cc(C)n(-c2cc(Oc3ccc(NC(=O)c4cncc(Br)c4)cc3)ncn2)n1. The zero-order valence-corrected chi connectivity index (χ0v) is 17.8. The van der Waals surface area contributed by atoms with Crippen molar-refractivity contribution in [3.05, 3.63) is 82.6 Å². The highest BCUT2D eigenvalue weighted by Gasteiger charge is 2.09. The maximum Gasteiger partial charge on any atom is 0.257 e. The maximum absolute atomic E-state index is 12.3. The molecule has 0 atom stereocenters. The number of nitrogens with zero attached hydrogens (tertiary/aromatic N) is 5. The van der Waals surface area contributed by atoms with Crippen LogP contribution in [0.15, 0.2) is 65.7 Å². The molecule has 0 aliphatic carbocycles. The van der Waals surface area contributed by atoms with Crippen LogP contribution in [0.25, 0.3) is 5.82 Å². The van der Waals surface area contributed by atoms with Crippen molar-refractivity contribution in [1.82, 2.24) is 24.7 Å². The molecule has 0 radical (unpaired) electrons. The molecule has 1 aromatic carbocycles. The van der Waals surface area contributed by atoms with Crippen LogP contribution in [0.5, 0.6) is 11.6 Å². The Kier molecular flexibility index (Phi) is 5.53. The zero-order valence-electron chi connectivity index (χ0n) is 16.2. The lowest BCUT2D eigenvalue weighted by atomic mass is 10.2. The van der Waals surface area contributed by atoms with Gasteiger partial charge in [0.15, 0.2) is 5.82 Å². The molecule has 0 saturated heterocycles. The summed E-state index contributed by atoms with van der Waals surface area (Å²) in [5, 5.41) is 7.24. The number of ether oxygens (including phenoxy) is 1. The minimum absolute atomic E-state index is 0.247. The molecule has 150 valence electrons. The monoisotopic (exact) mass is 464 g/mol. The maximum atomic E-state index is 12.3. The average Bonchev–Trinajstić information content (AvgIpc) is 3.08. The Balaban J connectivity index is 1.46. The smallest absolute Gasteiger partial charge is 0.257 e. The van der Waals surface area contributed by atoms with Crippen molar-refractivity contribution in [3.63, 3.8) is 0 Å². The topological polar surface area (TPSA) is 94.8 Å². The molecule has 3 heterocycles. The molecule has 8 nitrogen and oxygen atoms in total. The summed E-state index contributed by atoms with van der Waals surface area (Å²) in [7, 11) is 0. The zero-order chi connectivity index (χ0) is 21.1. The quantitative estimate of drug-likeness (QED) is 0.467. The largest absolute Gasteiger partial charge is 0.439 e. The number of pyridine rings is 1. The molecule has 0 saturated carbocycles. The number of nitrogens with one attached hydrogen (secondary N) is 1. The molecule has 0 unspecified atom stereocenters. The molecule has 0 aliphatic rings. The highest BCUT2D eigenvalue weighted by molar-refractivity contribution is 9.10. The summed E-state index contributed by atoms with van der Waals surface area (Å²) in [6.07, 6.45) is 4.56. The molecule has 4 rings (SSSR count). The third-order valence-electron chi connectivity index (χ3n) is 4.16. The van der Waals surface area contributed by atoms with Gasteiger partial charge in [0, 0.05) is 34.3 Å². The number of hydrogen-bond acceptors (Lipinski definition) is 6. The molecule has 4 aromatic rings. The highest BCUT2D eigenvalue weighted by atomic mass is 79.9. The third kappa shape index (κ3) is 4.52. The summed E-state index contributed by atoms with van der Waals surface area (Å²) in [5.74, 6) is 1.35. The fourth-order valence-corrected chi connectivity index (χ4v) is 3.19. The van der Waals surface area contributed by atoms with Gasteiger partial charge in [0.2, 0.25) is 5.88 Å².